The van der Waals surface area contributed by atoms with Crippen molar-refractivity contribution in [3.05, 3.63) is 144 Å². The number of benzene rings is 4. The molecule has 1 amide bonds. The van der Waals surface area contributed by atoms with Gasteiger partial charge in [-0.1, -0.05) is 121 Å². The number of ether oxygens (including phenoxy) is 2. The maximum absolute atomic E-state index is 13.3. The quantitative estimate of drug-likeness (QED) is 0.124. The molecule has 0 aliphatic rings. The Balaban J connectivity index is 1.44. The van der Waals surface area contributed by atoms with Gasteiger partial charge in [0.1, 0.15) is 19.3 Å². The first-order chi connectivity index (χ1) is 19.7. The van der Waals surface area contributed by atoms with E-state index in [1.165, 1.54) is 11.1 Å². The molecule has 0 bridgehead atoms. The molecule has 4 rings (SSSR count). The van der Waals surface area contributed by atoms with Crippen molar-refractivity contribution in [2.24, 2.45) is 0 Å². The van der Waals surface area contributed by atoms with Crippen molar-refractivity contribution < 1.29 is 19.1 Å². The van der Waals surface area contributed by atoms with Crippen molar-refractivity contribution in [2.75, 3.05) is 0 Å². The first-order valence-corrected chi connectivity index (χ1v) is 15.2. The van der Waals surface area contributed by atoms with Crippen LogP contribution in [-0.4, -0.2) is 22.7 Å². The number of hydrogen-bond acceptors (Lipinski definition) is 6. The Bertz CT molecular complexity index is 1250. The van der Waals surface area contributed by atoms with Gasteiger partial charge in [-0.25, -0.2) is 9.59 Å². The van der Waals surface area contributed by atoms with Gasteiger partial charge in [-0.3, -0.25) is 0 Å². The van der Waals surface area contributed by atoms with Crippen LogP contribution in [0.1, 0.15) is 28.7 Å². The van der Waals surface area contributed by atoms with E-state index >= 15 is 0 Å². The van der Waals surface area contributed by atoms with Crippen LogP contribution in [0.15, 0.2) is 121 Å². The smallest absolute Gasteiger partial charge is 0.408 e. The Hall–Kier alpha value is -3.68. The Morgan fingerprint density at radius 3 is 1.43 bits per heavy atom. The third-order valence-electron chi connectivity index (χ3n) is 6.00. The summed E-state index contributed by atoms with van der Waals surface area (Å²) in [5.41, 5.74) is 4.16. The van der Waals surface area contributed by atoms with Crippen LogP contribution < -0.4 is 5.32 Å². The fraction of sp³-hybridized carbons (Fsp3) is 0.212. The van der Waals surface area contributed by atoms with E-state index in [9.17, 15) is 9.59 Å². The monoisotopic (exact) mass is 571 g/mol. The second kappa shape index (κ2) is 16.4. The Morgan fingerprint density at radius 1 is 0.575 bits per heavy atom. The zero-order valence-electron chi connectivity index (χ0n) is 22.2. The van der Waals surface area contributed by atoms with E-state index in [-0.39, 0.29) is 17.8 Å². The number of esters is 1. The molecule has 4 aromatic carbocycles. The maximum atomic E-state index is 13.3. The van der Waals surface area contributed by atoms with Crippen LogP contribution in [-0.2, 0) is 39.0 Å². The molecule has 1 N–H and O–H groups in total. The summed E-state index contributed by atoms with van der Waals surface area (Å²) >= 11 is 3.51. The second-order valence-corrected chi connectivity index (χ2v) is 11.8. The normalized spacial score (nSPS) is 11.5. The molecular formula is C33H33NO4S2. The Kier molecular flexibility index (Phi) is 12.0. The number of alkyl carbamates (subject to hydrolysis) is 1. The summed E-state index contributed by atoms with van der Waals surface area (Å²) in [5.74, 6) is 1.10. The highest BCUT2D eigenvalue weighted by Crippen LogP contribution is 2.33. The van der Waals surface area contributed by atoms with Crippen LogP contribution in [0.4, 0.5) is 4.79 Å². The lowest BCUT2D eigenvalue weighted by atomic mass is 10.2. The van der Waals surface area contributed by atoms with Gasteiger partial charge >= 0.3 is 12.1 Å². The second-order valence-electron chi connectivity index (χ2n) is 9.11. The molecule has 0 aliphatic carbocycles. The molecule has 7 heteroatoms. The molecule has 0 radical (unpaired) electrons. The molecule has 0 fully saturated rings. The summed E-state index contributed by atoms with van der Waals surface area (Å²) in [7, 11) is 0. The lowest BCUT2D eigenvalue weighted by molar-refractivity contribution is -0.147. The molecule has 0 aromatic heterocycles. The van der Waals surface area contributed by atoms with Crippen molar-refractivity contribution in [3.63, 3.8) is 0 Å². The zero-order valence-corrected chi connectivity index (χ0v) is 23.8. The lowest BCUT2D eigenvalue weighted by Gasteiger charge is -2.23. The molecule has 4 aromatic rings. The van der Waals surface area contributed by atoms with Gasteiger partial charge in [0.2, 0.25) is 0 Å². The highest BCUT2D eigenvalue weighted by molar-refractivity contribution is 8.16. The number of hydrogen-bond donors (Lipinski definition) is 1. The number of carbonyl (C=O) groups is 2. The molecule has 0 aliphatic heterocycles. The number of amides is 1. The Morgan fingerprint density at radius 2 is 0.975 bits per heavy atom. The van der Waals surface area contributed by atoms with Gasteiger partial charge in [0.15, 0.2) is 0 Å². The van der Waals surface area contributed by atoms with Crippen molar-refractivity contribution in [1.29, 1.82) is 0 Å². The van der Waals surface area contributed by atoms with Crippen molar-refractivity contribution in [1.82, 2.24) is 5.32 Å². The first kappa shape index (κ1) is 29.3. The van der Waals surface area contributed by atoms with Crippen molar-refractivity contribution in [3.8, 4) is 0 Å². The molecule has 206 valence electrons. The van der Waals surface area contributed by atoms with E-state index in [4.69, 9.17) is 9.47 Å². The summed E-state index contributed by atoms with van der Waals surface area (Å²) < 4.78 is 11.1. The maximum Gasteiger partial charge on any atom is 0.408 e. The number of thioether (sulfide) groups is 2. The SMILES string of the molecule is O=C(N[C@H](CC(SCc1ccccc1)SCc1ccccc1)C(=O)OCc1ccccc1)OCc1ccccc1. The average molecular weight is 572 g/mol. The number of nitrogens with one attached hydrogen (secondary N) is 1. The van der Waals surface area contributed by atoms with Gasteiger partial charge in [0.25, 0.3) is 0 Å². The van der Waals surface area contributed by atoms with E-state index in [0.29, 0.717) is 6.42 Å². The van der Waals surface area contributed by atoms with Crippen LogP contribution in [0.5, 0.6) is 0 Å². The predicted molar refractivity (Wildman–Crippen MR) is 164 cm³/mol. The highest BCUT2D eigenvalue weighted by atomic mass is 32.2. The first-order valence-electron chi connectivity index (χ1n) is 13.1. The van der Waals surface area contributed by atoms with Crippen LogP contribution in [0.25, 0.3) is 0 Å². The van der Waals surface area contributed by atoms with Gasteiger partial charge < -0.3 is 14.8 Å². The van der Waals surface area contributed by atoms with Gasteiger partial charge in [-0.2, -0.15) is 0 Å². The van der Waals surface area contributed by atoms with E-state index in [1.807, 2.05) is 97.1 Å². The molecule has 0 spiro atoms. The largest absolute Gasteiger partial charge is 0.459 e. The third kappa shape index (κ3) is 10.5. The molecule has 0 saturated heterocycles. The third-order valence-corrected chi connectivity index (χ3v) is 8.94. The molecule has 5 nitrogen and oxygen atoms in total. The summed E-state index contributed by atoms with van der Waals surface area (Å²) in [5, 5.41) is 2.79. The van der Waals surface area contributed by atoms with E-state index in [2.05, 4.69) is 29.6 Å². The van der Waals surface area contributed by atoms with Crippen LogP contribution >= 0.6 is 23.5 Å². The van der Waals surface area contributed by atoms with Gasteiger partial charge in [-0.15, -0.1) is 23.5 Å². The fourth-order valence-electron chi connectivity index (χ4n) is 3.85. The minimum Gasteiger partial charge on any atom is -0.459 e. The van der Waals surface area contributed by atoms with Gasteiger partial charge in [0, 0.05) is 11.5 Å². The summed E-state index contributed by atoms with van der Waals surface area (Å²) in [6.07, 6.45) is -0.256. The summed E-state index contributed by atoms with van der Waals surface area (Å²) in [6, 6.07) is 38.6. The minimum absolute atomic E-state index is 0.0177. The van der Waals surface area contributed by atoms with Crippen LogP contribution in [0, 0.1) is 0 Å². The van der Waals surface area contributed by atoms with E-state index < -0.39 is 18.1 Å². The molecule has 1 atom stereocenters. The van der Waals surface area contributed by atoms with E-state index in [1.54, 1.807) is 23.5 Å². The Labute approximate surface area is 244 Å². The molecular weight excluding hydrogens is 539 g/mol. The molecule has 40 heavy (non-hydrogen) atoms. The molecule has 0 heterocycles. The zero-order chi connectivity index (χ0) is 27.8. The van der Waals surface area contributed by atoms with Gasteiger partial charge in [-0.05, 0) is 28.7 Å². The van der Waals surface area contributed by atoms with Crippen molar-refractivity contribution >= 4 is 35.6 Å². The van der Waals surface area contributed by atoms with Crippen LogP contribution in [0.2, 0.25) is 0 Å². The summed E-state index contributed by atoms with van der Waals surface area (Å²) in [4.78, 5) is 26.1. The average Bonchev–Trinajstić information content (AvgIpc) is 3.01. The summed E-state index contributed by atoms with van der Waals surface area (Å²) in [6.45, 7) is 0.253. The molecule has 0 unspecified atom stereocenters. The highest BCUT2D eigenvalue weighted by Gasteiger charge is 2.28. The standard InChI is InChI=1S/C33H33NO4S2/c35-32(37-22-26-13-5-1-6-14-26)30(34-33(36)38-23-27-15-7-2-8-16-27)21-31(39-24-28-17-9-3-10-18-28)40-25-29-19-11-4-12-20-29/h1-20,30-31H,21-25H2,(H,34,36)/t30-/m1/s1. The van der Waals surface area contributed by atoms with E-state index in [0.717, 1.165) is 22.6 Å². The fourth-order valence-corrected chi connectivity index (χ4v) is 6.45. The molecule has 0 saturated carbocycles. The topological polar surface area (TPSA) is 64.6 Å². The van der Waals surface area contributed by atoms with Crippen LogP contribution in [0.3, 0.4) is 0 Å². The lowest BCUT2D eigenvalue weighted by Crippen LogP contribution is -2.43. The van der Waals surface area contributed by atoms with Crippen molar-refractivity contribution in [2.45, 2.75) is 41.8 Å². The number of rotatable bonds is 14. The van der Waals surface area contributed by atoms with Gasteiger partial charge in [0.05, 0.1) is 4.58 Å². The number of carbonyl (C=O) groups excluding carboxylic acids is 2. The minimum atomic E-state index is -0.858. The predicted octanol–water partition coefficient (Wildman–Crippen LogP) is 7.61.